The Morgan fingerprint density at radius 1 is 0.857 bits per heavy atom. The molecule has 104 valence electrons. The number of ether oxygens (including phenoxy) is 2. The van der Waals surface area contributed by atoms with Crippen molar-refractivity contribution in [1.82, 2.24) is 0 Å². The van der Waals surface area contributed by atoms with Crippen molar-refractivity contribution in [1.29, 1.82) is 0 Å². The van der Waals surface area contributed by atoms with Gasteiger partial charge in [0.1, 0.15) is 17.4 Å². The Balaban J connectivity index is 2.18. The minimum atomic E-state index is -0.238. The van der Waals surface area contributed by atoms with E-state index in [4.69, 9.17) is 15.9 Å². The summed E-state index contributed by atoms with van der Waals surface area (Å²) in [4.78, 5) is 0. The van der Waals surface area contributed by atoms with Gasteiger partial charge in [-0.25, -0.2) is 0 Å². The van der Waals surface area contributed by atoms with Crippen LogP contribution in [0.1, 0.15) is 17.0 Å². The zero-order chi connectivity index (χ0) is 15.1. The summed E-state index contributed by atoms with van der Waals surface area (Å²) in [5, 5.41) is 0. The van der Waals surface area contributed by atoms with E-state index in [1.807, 2.05) is 48.5 Å². The average molecular weight is 276 g/mol. The van der Waals surface area contributed by atoms with E-state index in [0.29, 0.717) is 0 Å². The smallest absolute Gasteiger partial charge is 0.118 e. The van der Waals surface area contributed by atoms with Crippen LogP contribution < -0.4 is 9.47 Å². The lowest BCUT2D eigenvalue weighted by Gasteiger charge is -2.05. The first-order valence-electron chi connectivity index (χ1n) is 6.52. The maximum Gasteiger partial charge on any atom is 0.118 e. The van der Waals surface area contributed by atoms with Crippen LogP contribution in [0.2, 0.25) is 0 Å². The van der Waals surface area contributed by atoms with Gasteiger partial charge in [0.2, 0.25) is 0 Å². The van der Waals surface area contributed by atoms with E-state index in [1.54, 1.807) is 14.2 Å². The molecule has 0 spiro atoms. The highest BCUT2D eigenvalue weighted by Gasteiger charge is 2.04. The van der Waals surface area contributed by atoms with Crippen molar-refractivity contribution in [2.75, 3.05) is 14.2 Å². The van der Waals surface area contributed by atoms with Crippen LogP contribution in [-0.4, -0.2) is 14.2 Å². The molecule has 0 N–H and O–H groups in total. The van der Waals surface area contributed by atoms with E-state index < -0.39 is 0 Å². The van der Waals surface area contributed by atoms with Gasteiger partial charge in [-0.3, -0.25) is 0 Å². The maximum absolute atomic E-state index is 5.58. The molecule has 2 aromatic rings. The number of hydrogen-bond acceptors (Lipinski definition) is 2. The quantitative estimate of drug-likeness (QED) is 0.799. The molecule has 1 unspecified atom stereocenters. The minimum absolute atomic E-state index is 0.238. The van der Waals surface area contributed by atoms with Crippen molar-refractivity contribution in [2.24, 2.45) is 0 Å². The third-order valence-electron chi connectivity index (χ3n) is 3.07. The first kappa shape index (κ1) is 14.6. The zero-order valence-electron chi connectivity index (χ0n) is 12.1. The van der Waals surface area contributed by atoms with Crippen molar-refractivity contribution in [3.05, 3.63) is 59.7 Å². The van der Waals surface area contributed by atoms with E-state index in [0.717, 1.165) is 22.6 Å². The fraction of sp³-hybridized carbons (Fsp3) is 0.158. The summed E-state index contributed by atoms with van der Waals surface area (Å²) in [6.45, 7) is 0. The number of hydrogen-bond donors (Lipinski definition) is 0. The Hall–Kier alpha value is -2.84. The molecule has 2 heteroatoms. The number of terminal acetylenes is 1. The lowest BCUT2D eigenvalue weighted by molar-refractivity contribution is 0.414. The SMILES string of the molecule is C#CC(C#Cc1ccc(OC)cc1)c1ccc(OC)cc1. The highest BCUT2D eigenvalue weighted by Crippen LogP contribution is 2.18. The first-order valence-corrected chi connectivity index (χ1v) is 6.52. The molecule has 0 aliphatic carbocycles. The Labute approximate surface area is 125 Å². The van der Waals surface area contributed by atoms with E-state index >= 15 is 0 Å². The lowest BCUT2D eigenvalue weighted by Crippen LogP contribution is -1.92. The minimum Gasteiger partial charge on any atom is -0.497 e. The van der Waals surface area contributed by atoms with Gasteiger partial charge in [0, 0.05) is 5.56 Å². The second-order valence-corrected chi connectivity index (χ2v) is 4.37. The van der Waals surface area contributed by atoms with E-state index in [-0.39, 0.29) is 5.92 Å². The summed E-state index contributed by atoms with van der Waals surface area (Å²) in [7, 11) is 3.27. The van der Waals surface area contributed by atoms with Gasteiger partial charge >= 0.3 is 0 Å². The van der Waals surface area contributed by atoms with Crippen molar-refractivity contribution in [2.45, 2.75) is 5.92 Å². The summed E-state index contributed by atoms with van der Waals surface area (Å²) in [5.74, 6) is 10.3. The van der Waals surface area contributed by atoms with Crippen LogP contribution in [0.5, 0.6) is 11.5 Å². The zero-order valence-corrected chi connectivity index (χ0v) is 12.1. The van der Waals surface area contributed by atoms with Gasteiger partial charge in [0.05, 0.1) is 14.2 Å². The van der Waals surface area contributed by atoms with Crippen LogP contribution in [0.25, 0.3) is 0 Å². The topological polar surface area (TPSA) is 18.5 Å². The standard InChI is InChI=1S/C19H16O2/c1-4-16(17-9-13-19(21-3)14-10-17)8-5-15-6-11-18(20-2)12-7-15/h1,6-7,9-14,16H,2-3H3. The number of benzene rings is 2. The molecule has 2 aromatic carbocycles. The molecular weight excluding hydrogens is 260 g/mol. The predicted octanol–water partition coefficient (Wildman–Crippen LogP) is 3.47. The monoisotopic (exact) mass is 276 g/mol. The predicted molar refractivity (Wildman–Crippen MR) is 84.4 cm³/mol. The molecule has 0 radical (unpaired) electrons. The molecule has 0 fully saturated rings. The van der Waals surface area contributed by atoms with Crippen molar-refractivity contribution in [3.8, 4) is 35.7 Å². The Morgan fingerprint density at radius 3 is 1.86 bits per heavy atom. The molecule has 0 saturated carbocycles. The number of methoxy groups -OCH3 is 2. The third-order valence-corrected chi connectivity index (χ3v) is 3.07. The molecule has 1 atom stereocenters. The van der Waals surface area contributed by atoms with E-state index in [1.165, 1.54) is 0 Å². The third kappa shape index (κ3) is 3.81. The molecule has 2 nitrogen and oxygen atoms in total. The highest BCUT2D eigenvalue weighted by molar-refractivity contribution is 5.44. The Kier molecular flexibility index (Phi) is 4.91. The van der Waals surface area contributed by atoms with Gasteiger partial charge in [0.15, 0.2) is 0 Å². The van der Waals surface area contributed by atoms with Gasteiger partial charge in [-0.05, 0) is 42.0 Å². The molecular formula is C19H16O2. The van der Waals surface area contributed by atoms with Crippen molar-refractivity contribution in [3.63, 3.8) is 0 Å². The van der Waals surface area contributed by atoms with Crippen molar-refractivity contribution < 1.29 is 9.47 Å². The first-order chi connectivity index (χ1) is 10.3. The Bertz CT molecular complexity index is 680. The molecule has 0 amide bonds. The van der Waals surface area contributed by atoms with Gasteiger partial charge in [-0.15, -0.1) is 6.42 Å². The van der Waals surface area contributed by atoms with E-state index in [9.17, 15) is 0 Å². The highest BCUT2D eigenvalue weighted by atomic mass is 16.5. The summed E-state index contributed by atoms with van der Waals surface area (Å²) < 4.78 is 10.2. The molecule has 0 bridgehead atoms. The second-order valence-electron chi connectivity index (χ2n) is 4.37. The maximum atomic E-state index is 5.58. The van der Waals surface area contributed by atoms with Crippen LogP contribution in [0, 0.1) is 24.2 Å². The van der Waals surface area contributed by atoms with Gasteiger partial charge < -0.3 is 9.47 Å². The van der Waals surface area contributed by atoms with Crippen LogP contribution >= 0.6 is 0 Å². The summed E-state index contributed by atoms with van der Waals surface area (Å²) >= 11 is 0. The molecule has 0 aromatic heterocycles. The molecule has 2 rings (SSSR count). The second kappa shape index (κ2) is 7.08. The largest absolute Gasteiger partial charge is 0.497 e. The molecule has 0 heterocycles. The van der Waals surface area contributed by atoms with Crippen LogP contribution in [0.4, 0.5) is 0 Å². The van der Waals surface area contributed by atoms with E-state index in [2.05, 4.69) is 17.8 Å². The summed E-state index contributed by atoms with van der Waals surface area (Å²) in [6.07, 6.45) is 5.58. The average Bonchev–Trinajstić information content (AvgIpc) is 2.56. The normalized spacial score (nSPS) is 10.7. The fourth-order valence-electron chi connectivity index (χ4n) is 1.85. The summed E-state index contributed by atoms with van der Waals surface area (Å²) in [6, 6.07) is 15.2. The fourth-order valence-corrected chi connectivity index (χ4v) is 1.85. The van der Waals surface area contributed by atoms with Gasteiger partial charge in [0.25, 0.3) is 0 Å². The Morgan fingerprint density at radius 2 is 1.38 bits per heavy atom. The molecule has 0 aliphatic heterocycles. The lowest BCUT2D eigenvalue weighted by atomic mass is 10.00. The van der Waals surface area contributed by atoms with Crippen LogP contribution in [-0.2, 0) is 0 Å². The van der Waals surface area contributed by atoms with Crippen molar-refractivity contribution >= 4 is 0 Å². The summed E-state index contributed by atoms with van der Waals surface area (Å²) in [5.41, 5.74) is 1.89. The number of rotatable bonds is 3. The molecule has 0 saturated heterocycles. The van der Waals surface area contributed by atoms with Gasteiger partial charge in [-0.1, -0.05) is 29.9 Å². The van der Waals surface area contributed by atoms with Crippen LogP contribution in [0.3, 0.4) is 0 Å². The van der Waals surface area contributed by atoms with Gasteiger partial charge in [-0.2, -0.15) is 0 Å². The van der Waals surface area contributed by atoms with Crippen LogP contribution in [0.15, 0.2) is 48.5 Å². The molecule has 0 aliphatic rings. The molecule has 21 heavy (non-hydrogen) atoms.